The van der Waals surface area contributed by atoms with Gasteiger partial charge in [-0.2, -0.15) is 0 Å². The van der Waals surface area contributed by atoms with Crippen LogP contribution in [0.5, 0.6) is 0 Å². The maximum Gasteiger partial charge on any atom is 0.0656 e. The summed E-state index contributed by atoms with van der Waals surface area (Å²) in [4.78, 5) is 4.26. The van der Waals surface area contributed by atoms with E-state index in [0.29, 0.717) is 17.3 Å². The SMILES string of the molecule is Cc1ccc(CNc2cc(Cl)c(N)cc2C)cn1. The van der Waals surface area contributed by atoms with Crippen LogP contribution < -0.4 is 11.1 Å². The molecule has 0 saturated heterocycles. The van der Waals surface area contributed by atoms with Crippen molar-refractivity contribution in [1.29, 1.82) is 0 Å². The van der Waals surface area contributed by atoms with Gasteiger partial charge in [0.05, 0.1) is 10.7 Å². The van der Waals surface area contributed by atoms with E-state index >= 15 is 0 Å². The van der Waals surface area contributed by atoms with Crippen LogP contribution in [-0.4, -0.2) is 4.98 Å². The molecular formula is C14H16ClN3. The van der Waals surface area contributed by atoms with Crippen LogP contribution >= 0.6 is 11.6 Å². The Balaban J connectivity index is 2.10. The van der Waals surface area contributed by atoms with E-state index in [1.807, 2.05) is 38.2 Å². The van der Waals surface area contributed by atoms with Gasteiger partial charge < -0.3 is 11.1 Å². The summed E-state index contributed by atoms with van der Waals surface area (Å²) in [5.74, 6) is 0. The fourth-order valence-electron chi connectivity index (χ4n) is 1.69. The largest absolute Gasteiger partial charge is 0.398 e. The van der Waals surface area contributed by atoms with E-state index < -0.39 is 0 Å². The van der Waals surface area contributed by atoms with E-state index in [4.69, 9.17) is 17.3 Å². The Hall–Kier alpha value is -1.74. The van der Waals surface area contributed by atoms with Gasteiger partial charge in [-0.3, -0.25) is 4.98 Å². The second kappa shape index (κ2) is 5.27. The third kappa shape index (κ3) is 2.93. The van der Waals surface area contributed by atoms with E-state index in [9.17, 15) is 0 Å². The molecule has 0 spiro atoms. The number of rotatable bonds is 3. The fourth-order valence-corrected chi connectivity index (χ4v) is 1.86. The fraction of sp³-hybridized carbons (Fsp3) is 0.214. The minimum absolute atomic E-state index is 0.574. The van der Waals surface area contributed by atoms with Gasteiger partial charge in [0.15, 0.2) is 0 Å². The molecule has 0 bridgehead atoms. The highest BCUT2D eigenvalue weighted by Gasteiger charge is 2.03. The molecule has 3 N–H and O–H groups in total. The molecule has 3 nitrogen and oxygen atoms in total. The van der Waals surface area contributed by atoms with Crippen LogP contribution in [0.3, 0.4) is 0 Å². The van der Waals surface area contributed by atoms with Crippen molar-refractivity contribution >= 4 is 23.0 Å². The summed E-state index contributed by atoms with van der Waals surface area (Å²) in [6, 6.07) is 7.79. The number of aromatic nitrogens is 1. The Kier molecular flexibility index (Phi) is 3.72. The van der Waals surface area contributed by atoms with Crippen molar-refractivity contribution in [3.8, 4) is 0 Å². The zero-order valence-electron chi connectivity index (χ0n) is 10.5. The predicted molar refractivity (Wildman–Crippen MR) is 76.9 cm³/mol. The average molecular weight is 262 g/mol. The lowest BCUT2D eigenvalue weighted by Crippen LogP contribution is -2.02. The summed E-state index contributed by atoms with van der Waals surface area (Å²) in [6.45, 7) is 4.69. The van der Waals surface area contributed by atoms with Gasteiger partial charge >= 0.3 is 0 Å². The third-order valence-corrected chi connectivity index (χ3v) is 3.13. The smallest absolute Gasteiger partial charge is 0.0656 e. The molecule has 0 fully saturated rings. The molecule has 0 aliphatic heterocycles. The molecule has 0 amide bonds. The van der Waals surface area contributed by atoms with Gasteiger partial charge in [0.2, 0.25) is 0 Å². The molecule has 1 aromatic carbocycles. The predicted octanol–water partition coefficient (Wildman–Crippen LogP) is 3.55. The second-order valence-corrected chi connectivity index (χ2v) is 4.76. The summed E-state index contributed by atoms with van der Waals surface area (Å²) >= 11 is 6.01. The third-order valence-electron chi connectivity index (χ3n) is 2.80. The standard InChI is InChI=1S/C14H16ClN3/c1-9-5-13(16)12(15)6-14(9)18-8-11-4-3-10(2)17-7-11/h3-7,18H,8,16H2,1-2H3. The van der Waals surface area contributed by atoms with Gasteiger partial charge in [-0.15, -0.1) is 0 Å². The molecule has 0 saturated carbocycles. The summed E-state index contributed by atoms with van der Waals surface area (Å²) in [7, 11) is 0. The Labute approximate surface area is 112 Å². The van der Waals surface area contributed by atoms with Crippen LogP contribution in [-0.2, 0) is 6.54 Å². The molecule has 0 atom stereocenters. The maximum atomic E-state index is 6.01. The second-order valence-electron chi connectivity index (χ2n) is 4.35. The van der Waals surface area contributed by atoms with E-state index in [2.05, 4.69) is 16.4 Å². The Morgan fingerprint density at radius 2 is 2.06 bits per heavy atom. The van der Waals surface area contributed by atoms with Gasteiger partial charge in [0, 0.05) is 24.1 Å². The van der Waals surface area contributed by atoms with E-state index in [1.165, 1.54) is 0 Å². The number of nitrogens with two attached hydrogens (primary N) is 1. The highest BCUT2D eigenvalue weighted by Crippen LogP contribution is 2.26. The molecule has 0 unspecified atom stereocenters. The summed E-state index contributed by atoms with van der Waals surface area (Å²) in [5, 5.41) is 3.91. The van der Waals surface area contributed by atoms with Crippen molar-refractivity contribution in [2.75, 3.05) is 11.1 Å². The average Bonchev–Trinajstić information content (AvgIpc) is 2.34. The first-order valence-electron chi connectivity index (χ1n) is 5.77. The minimum Gasteiger partial charge on any atom is -0.398 e. The molecule has 1 heterocycles. The lowest BCUT2D eigenvalue weighted by Gasteiger charge is -2.11. The first kappa shape index (κ1) is 12.7. The number of hydrogen-bond acceptors (Lipinski definition) is 3. The van der Waals surface area contributed by atoms with E-state index in [0.717, 1.165) is 22.5 Å². The monoisotopic (exact) mass is 261 g/mol. The first-order chi connectivity index (χ1) is 8.56. The number of nitrogens with one attached hydrogen (secondary N) is 1. The van der Waals surface area contributed by atoms with Crippen LogP contribution in [0.15, 0.2) is 30.5 Å². The number of benzene rings is 1. The molecule has 0 radical (unpaired) electrons. The Morgan fingerprint density at radius 3 is 2.72 bits per heavy atom. The minimum atomic E-state index is 0.574. The van der Waals surface area contributed by atoms with Crippen molar-refractivity contribution in [1.82, 2.24) is 4.98 Å². The highest BCUT2D eigenvalue weighted by atomic mass is 35.5. The van der Waals surface area contributed by atoms with Gasteiger partial charge in [0.1, 0.15) is 0 Å². The van der Waals surface area contributed by atoms with Gasteiger partial charge in [0.25, 0.3) is 0 Å². The molecule has 4 heteroatoms. The quantitative estimate of drug-likeness (QED) is 0.831. The zero-order chi connectivity index (χ0) is 13.1. The Morgan fingerprint density at radius 1 is 1.28 bits per heavy atom. The van der Waals surface area contributed by atoms with Crippen LogP contribution in [0, 0.1) is 13.8 Å². The number of halogens is 1. The van der Waals surface area contributed by atoms with Crippen LogP contribution in [0.1, 0.15) is 16.8 Å². The van der Waals surface area contributed by atoms with Gasteiger partial charge in [-0.25, -0.2) is 0 Å². The molecule has 0 aliphatic carbocycles. The molecule has 1 aromatic heterocycles. The van der Waals surface area contributed by atoms with E-state index in [1.54, 1.807) is 0 Å². The summed E-state index contributed by atoms with van der Waals surface area (Å²) in [6.07, 6.45) is 1.87. The summed E-state index contributed by atoms with van der Waals surface area (Å²) in [5.41, 5.74) is 10.6. The Bertz CT molecular complexity index is 550. The normalized spacial score (nSPS) is 10.4. The van der Waals surface area contributed by atoms with Crippen LogP contribution in [0.4, 0.5) is 11.4 Å². The molecular weight excluding hydrogens is 246 g/mol. The summed E-state index contributed by atoms with van der Waals surface area (Å²) < 4.78 is 0. The lowest BCUT2D eigenvalue weighted by atomic mass is 10.1. The molecule has 2 aromatic rings. The topological polar surface area (TPSA) is 50.9 Å². The number of nitrogen functional groups attached to an aromatic ring is 1. The van der Waals surface area contributed by atoms with Crippen molar-refractivity contribution in [2.24, 2.45) is 0 Å². The highest BCUT2D eigenvalue weighted by molar-refractivity contribution is 6.33. The molecule has 18 heavy (non-hydrogen) atoms. The lowest BCUT2D eigenvalue weighted by molar-refractivity contribution is 1.08. The number of nitrogens with zero attached hydrogens (tertiary/aromatic N) is 1. The van der Waals surface area contributed by atoms with Crippen molar-refractivity contribution < 1.29 is 0 Å². The zero-order valence-corrected chi connectivity index (χ0v) is 11.3. The number of anilines is 2. The van der Waals surface area contributed by atoms with Crippen molar-refractivity contribution in [3.05, 3.63) is 52.3 Å². The van der Waals surface area contributed by atoms with Crippen LogP contribution in [0.25, 0.3) is 0 Å². The molecule has 0 aliphatic rings. The number of pyridine rings is 1. The van der Waals surface area contributed by atoms with Crippen molar-refractivity contribution in [2.45, 2.75) is 20.4 Å². The van der Waals surface area contributed by atoms with Gasteiger partial charge in [-0.05, 0) is 43.2 Å². The van der Waals surface area contributed by atoms with Crippen molar-refractivity contribution in [3.63, 3.8) is 0 Å². The van der Waals surface area contributed by atoms with E-state index in [-0.39, 0.29) is 0 Å². The number of hydrogen-bond donors (Lipinski definition) is 2. The number of aryl methyl sites for hydroxylation is 2. The molecule has 2 rings (SSSR count). The van der Waals surface area contributed by atoms with Crippen LogP contribution in [0.2, 0.25) is 5.02 Å². The molecule has 94 valence electrons. The first-order valence-corrected chi connectivity index (χ1v) is 6.15. The maximum absolute atomic E-state index is 6.01. The van der Waals surface area contributed by atoms with Gasteiger partial charge in [-0.1, -0.05) is 17.7 Å².